The summed E-state index contributed by atoms with van der Waals surface area (Å²) in [5, 5.41) is 0. The lowest BCUT2D eigenvalue weighted by Crippen LogP contribution is -2.14. The van der Waals surface area contributed by atoms with Crippen LogP contribution in [0.2, 0.25) is 0 Å². The molecule has 0 aliphatic carbocycles. The molecule has 3 heteroatoms. The second-order valence-electron chi connectivity index (χ2n) is 3.68. The van der Waals surface area contributed by atoms with Crippen LogP contribution in [0.5, 0.6) is 0 Å². The van der Waals surface area contributed by atoms with Crippen LogP contribution in [0.4, 0.5) is 4.39 Å². The summed E-state index contributed by atoms with van der Waals surface area (Å²) in [6, 6.07) is 10.2. The van der Waals surface area contributed by atoms with Gasteiger partial charge >= 0.3 is 0 Å². The van der Waals surface area contributed by atoms with Crippen LogP contribution in [0.15, 0.2) is 48.8 Å². The second kappa shape index (κ2) is 4.86. The van der Waals surface area contributed by atoms with Gasteiger partial charge in [-0.25, -0.2) is 4.39 Å². The molecule has 0 fully saturated rings. The normalized spacial score (nSPS) is 12.4. The Morgan fingerprint density at radius 2 is 1.81 bits per heavy atom. The SMILES string of the molecule is N[C@H](Cc1ccccc1F)c1ccncc1. The lowest BCUT2D eigenvalue weighted by atomic mass is 10.0. The number of rotatable bonds is 3. The Morgan fingerprint density at radius 3 is 2.50 bits per heavy atom. The van der Waals surface area contributed by atoms with Gasteiger partial charge in [0, 0.05) is 18.4 Å². The van der Waals surface area contributed by atoms with Gasteiger partial charge in [-0.15, -0.1) is 0 Å². The summed E-state index contributed by atoms with van der Waals surface area (Å²) in [7, 11) is 0. The van der Waals surface area contributed by atoms with Crippen molar-refractivity contribution in [2.24, 2.45) is 5.73 Å². The molecular weight excluding hydrogens is 203 g/mol. The van der Waals surface area contributed by atoms with E-state index in [4.69, 9.17) is 5.73 Å². The maximum Gasteiger partial charge on any atom is 0.126 e. The van der Waals surface area contributed by atoms with Crippen LogP contribution in [-0.4, -0.2) is 4.98 Å². The highest BCUT2D eigenvalue weighted by Gasteiger charge is 2.09. The van der Waals surface area contributed by atoms with Gasteiger partial charge in [0.2, 0.25) is 0 Å². The zero-order valence-corrected chi connectivity index (χ0v) is 8.81. The quantitative estimate of drug-likeness (QED) is 0.856. The molecule has 1 atom stereocenters. The summed E-state index contributed by atoms with van der Waals surface area (Å²) in [4.78, 5) is 3.92. The number of pyridine rings is 1. The number of hydrogen-bond acceptors (Lipinski definition) is 2. The Kier molecular flexibility index (Phi) is 3.27. The van der Waals surface area contributed by atoms with E-state index in [1.807, 2.05) is 18.2 Å². The Labute approximate surface area is 93.9 Å². The van der Waals surface area contributed by atoms with E-state index in [1.165, 1.54) is 6.07 Å². The summed E-state index contributed by atoms with van der Waals surface area (Å²) in [5.41, 5.74) is 7.62. The van der Waals surface area contributed by atoms with Crippen LogP contribution >= 0.6 is 0 Å². The van der Waals surface area contributed by atoms with E-state index >= 15 is 0 Å². The van der Waals surface area contributed by atoms with Crippen molar-refractivity contribution in [3.63, 3.8) is 0 Å². The molecule has 2 nitrogen and oxygen atoms in total. The molecule has 0 saturated heterocycles. The molecule has 82 valence electrons. The highest BCUT2D eigenvalue weighted by molar-refractivity contribution is 5.22. The van der Waals surface area contributed by atoms with Gasteiger partial charge in [-0.05, 0) is 35.7 Å². The summed E-state index contributed by atoms with van der Waals surface area (Å²) in [6.45, 7) is 0. The predicted molar refractivity (Wildman–Crippen MR) is 61.3 cm³/mol. The van der Waals surface area contributed by atoms with Crippen molar-refractivity contribution >= 4 is 0 Å². The Hall–Kier alpha value is -1.74. The Balaban J connectivity index is 2.14. The van der Waals surface area contributed by atoms with Crippen LogP contribution in [0.1, 0.15) is 17.2 Å². The van der Waals surface area contributed by atoms with Gasteiger partial charge in [0.1, 0.15) is 5.82 Å². The van der Waals surface area contributed by atoms with E-state index in [1.54, 1.807) is 24.5 Å². The fourth-order valence-electron chi connectivity index (χ4n) is 1.63. The molecule has 1 aromatic heterocycles. The zero-order valence-electron chi connectivity index (χ0n) is 8.81. The largest absolute Gasteiger partial charge is 0.324 e. The summed E-state index contributed by atoms with van der Waals surface area (Å²) < 4.78 is 13.4. The first-order valence-corrected chi connectivity index (χ1v) is 5.16. The molecule has 0 saturated carbocycles. The highest BCUT2D eigenvalue weighted by atomic mass is 19.1. The third-order valence-electron chi connectivity index (χ3n) is 2.53. The van der Waals surface area contributed by atoms with Crippen molar-refractivity contribution in [2.75, 3.05) is 0 Å². The molecule has 2 N–H and O–H groups in total. The Bertz CT molecular complexity index is 456. The fraction of sp³-hybridized carbons (Fsp3) is 0.154. The first kappa shape index (κ1) is 10.8. The number of halogens is 1. The highest BCUT2D eigenvalue weighted by Crippen LogP contribution is 2.17. The summed E-state index contributed by atoms with van der Waals surface area (Å²) in [5.74, 6) is -0.202. The molecule has 0 unspecified atom stereocenters. The second-order valence-corrected chi connectivity index (χ2v) is 3.68. The maximum absolute atomic E-state index is 13.4. The minimum absolute atomic E-state index is 0.195. The molecule has 1 heterocycles. The van der Waals surface area contributed by atoms with Gasteiger partial charge in [0.15, 0.2) is 0 Å². The van der Waals surface area contributed by atoms with Gasteiger partial charge in [-0.3, -0.25) is 4.98 Å². The van der Waals surface area contributed by atoms with Crippen molar-refractivity contribution in [1.29, 1.82) is 0 Å². The van der Waals surface area contributed by atoms with Crippen LogP contribution in [0.25, 0.3) is 0 Å². The molecule has 0 aliphatic rings. The van der Waals surface area contributed by atoms with Gasteiger partial charge < -0.3 is 5.73 Å². The van der Waals surface area contributed by atoms with E-state index in [0.717, 1.165) is 5.56 Å². The molecule has 0 amide bonds. The first-order valence-electron chi connectivity index (χ1n) is 5.16. The smallest absolute Gasteiger partial charge is 0.126 e. The molecular formula is C13H13FN2. The van der Waals surface area contributed by atoms with Crippen LogP contribution < -0.4 is 5.73 Å². The molecule has 2 rings (SSSR count). The topological polar surface area (TPSA) is 38.9 Å². The van der Waals surface area contributed by atoms with Crippen molar-refractivity contribution < 1.29 is 4.39 Å². The third kappa shape index (κ3) is 2.44. The van der Waals surface area contributed by atoms with Crippen LogP contribution in [0, 0.1) is 5.82 Å². The Morgan fingerprint density at radius 1 is 1.12 bits per heavy atom. The van der Waals surface area contributed by atoms with Crippen molar-refractivity contribution in [2.45, 2.75) is 12.5 Å². The first-order chi connectivity index (χ1) is 7.77. The molecule has 0 spiro atoms. The third-order valence-corrected chi connectivity index (χ3v) is 2.53. The van der Waals surface area contributed by atoms with Gasteiger partial charge in [0.25, 0.3) is 0 Å². The molecule has 0 radical (unpaired) electrons. The van der Waals surface area contributed by atoms with Crippen molar-refractivity contribution in [3.8, 4) is 0 Å². The van der Waals surface area contributed by atoms with E-state index in [-0.39, 0.29) is 11.9 Å². The molecule has 1 aromatic carbocycles. The minimum atomic E-state index is -0.202. The monoisotopic (exact) mass is 216 g/mol. The van der Waals surface area contributed by atoms with Gasteiger partial charge in [-0.2, -0.15) is 0 Å². The van der Waals surface area contributed by atoms with Crippen molar-refractivity contribution in [1.82, 2.24) is 4.98 Å². The van der Waals surface area contributed by atoms with E-state index in [0.29, 0.717) is 12.0 Å². The molecule has 16 heavy (non-hydrogen) atoms. The standard InChI is InChI=1S/C13H13FN2/c14-12-4-2-1-3-11(12)9-13(15)10-5-7-16-8-6-10/h1-8,13H,9,15H2/t13-/m1/s1. The number of nitrogens with two attached hydrogens (primary N) is 1. The molecule has 0 bridgehead atoms. The number of hydrogen-bond donors (Lipinski definition) is 1. The fourth-order valence-corrected chi connectivity index (χ4v) is 1.63. The maximum atomic E-state index is 13.4. The molecule has 0 aliphatic heterocycles. The summed E-state index contributed by atoms with van der Waals surface area (Å²) >= 11 is 0. The van der Waals surface area contributed by atoms with Gasteiger partial charge in [0.05, 0.1) is 0 Å². The van der Waals surface area contributed by atoms with Crippen LogP contribution in [-0.2, 0) is 6.42 Å². The van der Waals surface area contributed by atoms with E-state index in [9.17, 15) is 4.39 Å². The van der Waals surface area contributed by atoms with E-state index < -0.39 is 0 Å². The molecule has 2 aromatic rings. The van der Waals surface area contributed by atoms with E-state index in [2.05, 4.69) is 4.98 Å². The average Bonchev–Trinajstić information content (AvgIpc) is 2.33. The number of nitrogens with zero attached hydrogens (tertiary/aromatic N) is 1. The van der Waals surface area contributed by atoms with Gasteiger partial charge in [-0.1, -0.05) is 18.2 Å². The summed E-state index contributed by atoms with van der Waals surface area (Å²) in [6.07, 6.45) is 3.88. The minimum Gasteiger partial charge on any atom is -0.324 e. The number of aromatic nitrogens is 1. The lowest BCUT2D eigenvalue weighted by Gasteiger charge is -2.12. The zero-order chi connectivity index (χ0) is 11.4. The van der Waals surface area contributed by atoms with Crippen molar-refractivity contribution in [3.05, 3.63) is 65.7 Å². The predicted octanol–water partition coefficient (Wildman–Crippen LogP) is 2.46. The number of benzene rings is 1. The van der Waals surface area contributed by atoms with Crippen LogP contribution in [0.3, 0.4) is 0 Å². The average molecular weight is 216 g/mol. The lowest BCUT2D eigenvalue weighted by molar-refractivity contribution is 0.593.